The average Bonchev–Trinajstić information content (AvgIpc) is 2.20. The summed E-state index contributed by atoms with van der Waals surface area (Å²) in [5.41, 5.74) is 11.2. The second-order valence-corrected chi connectivity index (χ2v) is 2.78. The van der Waals surface area contributed by atoms with E-state index in [4.69, 9.17) is 16.2 Å². The molecule has 0 fully saturated rings. The highest BCUT2D eigenvalue weighted by atomic mass is 16.5. The van der Waals surface area contributed by atoms with Crippen LogP contribution in [0.15, 0.2) is 29.4 Å². The number of benzene rings is 1. The maximum Gasteiger partial charge on any atom is 0.256 e. The molecule has 0 amide bonds. The normalized spacial score (nSPS) is 10.2. The van der Waals surface area contributed by atoms with Gasteiger partial charge in [0.2, 0.25) is 6.21 Å². The highest BCUT2D eigenvalue weighted by Gasteiger charge is 2.01. The summed E-state index contributed by atoms with van der Waals surface area (Å²) >= 11 is 0. The Labute approximate surface area is 88.4 Å². The molecule has 0 bridgehead atoms. The van der Waals surface area contributed by atoms with E-state index in [0.717, 1.165) is 11.3 Å². The van der Waals surface area contributed by atoms with Gasteiger partial charge in [-0.05, 0) is 19.1 Å². The zero-order chi connectivity index (χ0) is 11.1. The van der Waals surface area contributed by atoms with Gasteiger partial charge in [-0.3, -0.25) is 0 Å². The molecule has 1 aromatic rings. The number of hydrogen-bond donors (Lipinski definition) is 3. The van der Waals surface area contributed by atoms with Crippen molar-refractivity contribution in [1.82, 2.24) is 0 Å². The summed E-state index contributed by atoms with van der Waals surface area (Å²) in [5.74, 6) is 0.776. The Kier molecular flexibility index (Phi) is 4.15. The molecule has 0 radical (unpaired) electrons. The molecule has 5 N–H and O–H groups in total. The average molecular weight is 207 g/mol. The molecule has 0 saturated heterocycles. The predicted octanol–water partition coefficient (Wildman–Crippen LogP) is -1.23. The van der Waals surface area contributed by atoms with Gasteiger partial charge in [-0.15, -0.1) is 5.10 Å². The quantitative estimate of drug-likeness (QED) is 0.328. The van der Waals surface area contributed by atoms with Crippen molar-refractivity contribution in [2.24, 2.45) is 16.6 Å². The van der Waals surface area contributed by atoms with Crippen LogP contribution in [-0.2, 0) is 0 Å². The summed E-state index contributed by atoms with van der Waals surface area (Å²) in [6, 6.07) is 7.60. The third kappa shape index (κ3) is 3.68. The first-order valence-corrected chi connectivity index (χ1v) is 4.63. The number of rotatable bonds is 4. The number of hydrazone groups is 1. The Morgan fingerprint density at radius 1 is 1.47 bits per heavy atom. The maximum atomic E-state index is 5.41. The predicted molar refractivity (Wildman–Crippen MR) is 59.5 cm³/mol. The van der Waals surface area contributed by atoms with Gasteiger partial charge >= 0.3 is 0 Å². The van der Waals surface area contributed by atoms with Gasteiger partial charge in [0, 0.05) is 5.10 Å². The number of hydrogen-bond acceptors (Lipinski definition) is 2. The number of nitrogens with two attached hydrogens (primary N) is 2. The first-order valence-electron chi connectivity index (χ1n) is 4.63. The summed E-state index contributed by atoms with van der Waals surface area (Å²) < 4.78 is 5.41. The molecule has 0 saturated carbocycles. The Balaban J connectivity index is 2.84. The van der Waals surface area contributed by atoms with Crippen LogP contribution < -0.4 is 21.3 Å². The van der Waals surface area contributed by atoms with Crippen LogP contribution in [-0.4, -0.2) is 18.8 Å². The number of para-hydroxylation sites is 1. The third-order valence-corrected chi connectivity index (χ3v) is 1.63. The van der Waals surface area contributed by atoms with Crippen molar-refractivity contribution >= 4 is 12.2 Å². The minimum absolute atomic E-state index is 0.0138. The zero-order valence-electron chi connectivity index (χ0n) is 8.60. The minimum Gasteiger partial charge on any atom is -0.493 e. The van der Waals surface area contributed by atoms with Crippen LogP contribution in [0.3, 0.4) is 0 Å². The minimum atomic E-state index is -0.0138. The first-order chi connectivity index (χ1) is 7.24. The van der Waals surface area contributed by atoms with Crippen molar-refractivity contribution in [3.63, 3.8) is 0 Å². The van der Waals surface area contributed by atoms with Crippen LogP contribution in [0, 0.1) is 0 Å². The van der Waals surface area contributed by atoms with E-state index < -0.39 is 0 Å². The fraction of sp³-hybridized carbons (Fsp3) is 0.200. The smallest absolute Gasteiger partial charge is 0.256 e. The van der Waals surface area contributed by atoms with E-state index in [-0.39, 0.29) is 5.96 Å². The van der Waals surface area contributed by atoms with Crippen LogP contribution in [0.1, 0.15) is 12.5 Å². The molecule has 80 valence electrons. The van der Waals surface area contributed by atoms with E-state index in [1.807, 2.05) is 31.2 Å². The molecule has 0 aliphatic rings. The van der Waals surface area contributed by atoms with Crippen molar-refractivity contribution in [3.8, 4) is 5.75 Å². The summed E-state index contributed by atoms with van der Waals surface area (Å²) in [6.45, 7) is 2.55. The zero-order valence-corrected chi connectivity index (χ0v) is 8.60. The van der Waals surface area contributed by atoms with Crippen molar-refractivity contribution in [1.29, 1.82) is 0 Å². The van der Waals surface area contributed by atoms with Gasteiger partial charge in [-0.2, -0.15) is 0 Å². The molecule has 15 heavy (non-hydrogen) atoms. The Morgan fingerprint density at radius 3 is 2.87 bits per heavy atom. The molecule has 5 nitrogen and oxygen atoms in total. The van der Waals surface area contributed by atoms with Gasteiger partial charge in [0.1, 0.15) is 5.75 Å². The second kappa shape index (κ2) is 5.64. The number of nitrogens with zero attached hydrogens (tertiary/aromatic N) is 1. The third-order valence-electron chi connectivity index (χ3n) is 1.63. The van der Waals surface area contributed by atoms with Crippen molar-refractivity contribution in [2.75, 3.05) is 6.61 Å². The SMILES string of the molecule is CCOc1ccccc1/C=[NH+]/N=C(N)N. The highest BCUT2D eigenvalue weighted by molar-refractivity contribution is 5.80. The van der Waals surface area contributed by atoms with E-state index in [2.05, 4.69) is 10.2 Å². The molecule has 1 rings (SSSR count). The van der Waals surface area contributed by atoms with Crippen LogP contribution in [0.4, 0.5) is 0 Å². The standard InChI is InChI=1S/C10H14N4O/c1-2-15-9-6-4-3-5-8(9)7-13-14-10(11)12/h3-7H,2H2,1H3,(H4,11,12,14)/p+1/b13-7+. The van der Waals surface area contributed by atoms with Gasteiger partial charge in [-0.1, -0.05) is 12.1 Å². The summed E-state index contributed by atoms with van der Waals surface area (Å²) in [5, 5.41) is 6.27. The number of nitrogens with one attached hydrogen (secondary N) is 1. The van der Waals surface area contributed by atoms with Gasteiger partial charge in [-0.25, -0.2) is 0 Å². The van der Waals surface area contributed by atoms with Crippen LogP contribution in [0.2, 0.25) is 0 Å². The molecule has 0 aromatic heterocycles. The maximum absolute atomic E-state index is 5.41. The summed E-state index contributed by atoms with van der Waals surface area (Å²) in [7, 11) is 0. The van der Waals surface area contributed by atoms with Crippen molar-refractivity contribution in [3.05, 3.63) is 29.8 Å². The lowest BCUT2D eigenvalue weighted by molar-refractivity contribution is -0.456. The van der Waals surface area contributed by atoms with Gasteiger partial charge in [0.05, 0.1) is 12.2 Å². The molecular weight excluding hydrogens is 192 g/mol. The topological polar surface area (TPSA) is 87.6 Å². The van der Waals surface area contributed by atoms with Crippen LogP contribution >= 0.6 is 0 Å². The number of guanidine groups is 1. The monoisotopic (exact) mass is 207 g/mol. The van der Waals surface area contributed by atoms with E-state index in [1.54, 1.807) is 6.21 Å². The molecule has 0 heterocycles. The molecule has 0 unspecified atom stereocenters. The van der Waals surface area contributed by atoms with Gasteiger partial charge in [0.25, 0.3) is 5.96 Å². The van der Waals surface area contributed by atoms with Gasteiger partial charge < -0.3 is 16.2 Å². The highest BCUT2D eigenvalue weighted by Crippen LogP contribution is 2.14. The fourth-order valence-electron chi connectivity index (χ4n) is 1.06. The van der Waals surface area contributed by atoms with E-state index in [0.29, 0.717) is 6.61 Å². The molecule has 0 atom stereocenters. The van der Waals surface area contributed by atoms with Gasteiger partial charge in [0.15, 0.2) is 0 Å². The largest absolute Gasteiger partial charge is 0.493 e. The lowest BCUT2D eigenvalue weighted by Gasteiger charge is -2.03. The Morgan fingerprint density at radius 2 is 2.20 bits per heavy atom. The van der Waals surface area contributed by atoms with E-state index >= 15 is 0 Å². The van der Waals surface area contributed by atoms with E-state index in [9.17, 15) is 0 Å². The lowest BCUT2D eigenvalue weighted by Crippen LogP contribution is -2.63. The fourth-order valence-corrected chi connectivity index (χ4v) is 1.06. The molecule has 0 spiro atoms. The molecule has 0 aliphatic heterocycles. The molecule has 1 aromatic carbocycles. The lowest BCUT2D eigenvalue weighted by atomic mass is 10.2. The van der Waals surface area contributed by atoms with Crippen LogP contribution in [0.5, 0.6) is 5.75 Å². The van der Waals surface area contributed by atoms with E-state index in [1.165, 1.54) is 0 Å². The summed E-state index contributed by atoms with van der Waals surface area (Å²) in [6.07, 6.45) is 1.67. The molecule has 0 aliphatic carbocycles. The molecular formula is C10H15N4O+. The van der Waals surface area contributed by atoms with Crippen molar-refractivity contribution in [2.45, 2.75) is 6.92 Å². The molecule has 5 heteroatoms. The Bertz CT molecular complexity index is 369. The van der Waals surface area contributed by atoms with Crippen molar-refractivity contribution < 1.29 is 9.84 Å². The first kappa shape index (κ1) is 11.0. The summed E-state index contributed by atoms with van der Waals surface area (Å²) in [4.78, 5) is 0. The number of ether oxygens (including phenoxy) is 1. The Hall–Kier alpha value is -2.04. The van der Waals surface area contributed by atoms with Crippen LogP contribution in [0.25, 0.3) is 0 Å². The second-order valence-electron chi connectivity index (χ2n) is 2.78.